The highest BCUT2D eigenvalue weighted by Crippen LogP contribution is 2.49. The lowest BCUT2D eigenvalue weighted by Crippen LogP contribution is -2.48. The molecule has 0 spiro atoms. The maximum Gasteiger partial charge on any atom is 0.224 e. The van der Waals surface area contributed by atoms with Gasteiger partial charge < -0.3 is 44.8 Å². The number of nitrogens with one attached hydrogen (secondary N) is 2. The van der Waals surface area contributed by atoms with E-state index in [1.807, 2.05) is 50.2 Å². The van der Waals surface area contributed by atoms with Crippen molar-refractivity contribution in [1.29, 1.82) is 0 Å². The molecular formula is C43H59N7O5. The number of hydrogen-bond acceptors (Lipinski definition) is 10. The van der Waals surface area contributed by atoms with Crippen molar-refractivity contribution in [3.63, 3.8) is 0 Å². The lowest BCUT2D eigenvalue weighted by Gasteiger charge is -2.44. The molecule has 2 saturated carbocycles. The Hall–Kier alpha value is -4.39. The molecule has 3 heterocycles. The third-order valence-electron chi connectivity index (χ3n) is 11.9. The molecule has 4 unspecified atom stereocenters. The van der Waals surface area contributed by atoms with E-state index in [4.69, 9.17) is 29.7 Å². The highest BCUT2D eigenvalue weighted by Gasteiger charge is 2.55. The summed E-state index contributed by atoms with van der Waals surface area (Å²) in [4.78, 5) is 24.9. The summed E-state index contributed by atoms with van der Waals surface area (Å²) in [6.07, 6.45) is 8.17. The number of rotatable bonds is 14. The molecule has 2 aromatic carbocycles. The van der Waals surface area contributed by atoms with Gasteiger partial charge in [-0.2, -0.15) is 0 Å². The van der Waals surface area contributed by atoms with Crippen molar-refractivity contribution in [2.75, 3.05) is 43.7 Å². The van der Waals surface area contributed by atoms with E-state index in [0.29, 0.717) is 42.2 Å². The Kier molecular flexibility index (Phi) is 11.0. The first kappa shape index (κ1) is 38.9. The van der Waals surface area contributed by atoms with Crippen molar-refractivity contribution >= 4 is 34.1 Å². The Bertz CT molecular complexity index is 1980. The van der Waals surface area contributed by atoms with E-state index in [1.165, 1.54) is 0 Å². The molecule has 1 amide bonds. The van der Waals surface area contributed by atoms with Gasteiger partial charge in [-0.15, -0.1) is 0 Å². The monoisotopic (exact) mass is 753 g/mol. The third-order valence-corrected chi connectivity index (χ3v) is 11.9. The quantitative estimate of drug-likeness (QED) is 0.111. The van der Waals surface area contributed by atoms with Gasteiger partial charge in [0.05, 0.1) is 43.1 Å². The van der Waals surface area contributed by atoms with Gasteiger partial charge in [0.2, 0.25) is 5.91 Å². The Balaban J connectivity index is 0.968. The molecule has 3 fully saturated rings. The Labute approximate surface area is 325 Å². The minimum absolute atomic E-state index is 0.00437. The molecule has 1 aliphatic heterocycles. The van der Waals surface area contributed by atoms with Crippen LogP contribution in [0.25, 0.3) is 11.0 Å². The molecule has 12 heteroatoms. The second-order valence-corrected chi connectivity index (χ2v) is 17.1. The van der Waals surface area contributed by atoms with Crippen LogP contribution in [0.5, 0.6) is 11.5 Å². The number of ether oxygens (including phenoxy) is 4. The minimum atomic E-state index is -0.660. The molecule has 4 aromatic rings. The normalized spacial score (nSPS) is 24.5. The average Bonchev–Trinajstić information content (AvgIpc) is 3.80. The molecule has 4 N–H and O–H groups in total. The third kappa shape index (κ3) is 8.27. The van der Waals surface area contributed by atoms with Crippen LogP contribution < -0.4 is 25.8 Å². The van der Waals surface area contributed by atoms with Crippen LogP contribution in [0.2, 0.25) is 0 Å². The van der Waals surface area contributed by atoms with Gasteiger partial charge in [-0.05, 0) is 93.3 Å². The van der Waals surface area contributed by atoms with Gasteiger partial charge in [-0.1, -0.05) is 33.8 Å². The Morgan fingerprint density at radius 2 is 1.82 bits per heavy atom. The zero-order chi connectivity index (χ0) is 39.1. The lowest BCUT2D eigenvalue weighted by molar-refractivity contribution is -0.161. The number of nitrogen functional groups attached to an aromatic ring is 1. The summed E-state index contributed by atoms with van der Waals surface area (Å²) in [6.45, 7) is 15.2. The fourth-order valence-corrected chi connectivity index (χ4v) is 8.83. The fourth-order valence-electron chi connectivity index (χ4n) is 8.83. The summed E-state index contributed by atoms with van der Waals surface area (Å²) < 4.78 is 26.5. The molecule has 0 radical (unpaired) electrons. The molecule has 296 valence electrons. The second kappa shape index (κ2) is 15.6. The number of nitrogens with two attached hydrogens (primary N) is 1. The van der Waals surface area contributed by atoms with Crippen LogP contribution in [0.4, 0.5) is 17.2 Å². The Morgan fingerprint density at radius 1 is 1.04 bits per heavy atom. The average molecular weight is 754 g/mol. The number of nitrogens with zero attached hydrogens (tertiary/aromatic N) is 4. The van der Waals surface area contributed by atoms with E-state index in [1.54, 1.807) is 20.5 Å². The molecular weight excluding hydrogens is 695 g/mol. The van der Waals surface area contributed by atoms with Crippen molar-refractivity contribution in [2.24, 2.45) is 11.8 Å². The molecule has 55 heavy (non-hydrogen) atoms. The van der Waals surface area contributed by atoms with Crippen LogP contribution in [0.3, 0.4) is 0 Å². The van der Waals surface area contributed by atoms with Crippen LogP contribution in [0, 0.1) is 11.8 Å². The van der Waals surface area contributed by atoms with Crippen LogP contribution in [0.1, 0.15) is 90.8 Å². The van der Waals surface area contributed by atoms with E-state index in [-0.39, 0.29) is 29.6 Å². The number of amides is 1. The molecule has 0 bridgehead atoms. The minimum Gasteiger partial charge on any atom is -0.497 e. The maximum atomic E-state index is 12.9. The molecule has 2 aromatic heterocycles. The van der Waals surface area contributed by atoms with Gasteiger partial charge in [-0.3, -0.25) is 4.79 Å². The van der Waals surface area contributed by atoms with Crippen LogP contribution in [-0.2, 0) is 26.2 Å². The van der Waals surface area contributed by atoms with Gasteiger partial charge >= 0.3 is 0 Å². The number of benzene rings is 2. The molecule has 1 saturated heterocycles. The number of carbonyl (C=O) groups excluding carboxylic acids is 1. The molecule has 7 rings (SSSR count). The second-order valence-electron chi connectivity index (χ2n) is 17.1. The standard InChI is InChI=1S/C43H59N7O5/c1-9-49(30-18-26(19-30)10-15-37(51)48-34-14-12-29(21-33(34)44)42(2,3)4)24-28-20-35(39-38(28)54-43(5,6)55-39)50-17-16-32-40(46-25-47-41(32)50)45-23-27-11-13-31(52-7)22-36(27)53-8/h11-14,16-17,21-22,25-26,28,30,35,38-39H,9-10,15,18-20,23-24,44H2,1-8H3,(H,48,51)(H,45,46,47). The van der Waals surface area contributed by atoms with Crippen LogP contribution >= 0.6 is 0 Å². The van der Waals surface area contributed by atoms with E-state index in [9.17, 15) is 4.79 Å². The van der Waals surface area contributed by atoms with Crippen molar-refractivity contribution in [3.8, 4) is 11.5 Å². The number of anilines is 3. The zero-order valence-electron chi connectivity index (χ0n) is 33.7. The van der Waals surface area contributed by atoms with E-state index >= 15 is 0 Å². The van der Waals surface area contributed by atoms with Gasteiger partial charge in [0.15, 0.2) is 5.79 Å². The summed E-state index contributed by atoms with van der Waals surface area (Å²) >= 11 is 0. The van der Waals surface area contributed by atoms with E-state index in [0.717, 1.165) is 78.2 Å². The first-order valence-electron chi connectivity index (χ1n) is 19.8. The van der Waals surface area contributed by atoms with Crippen molar-refractivity contribution < 1.29 is 23.7 Å². The highest BCUT2D eigenvalue weighted by atomic mass is 16.8. The smallest absolute Gasteiger partial charge is 0.224 e. The van der Waals surface area contributed by atoms with Crippen LogP contribution in [0.15, 0.2) is 55.0 Å². The number of aromatic nitrogens is 3. The van der Waals surface area contributed by atoms with Crippen molar-refractivity contribution in [2.45, 2.75) is 116 Å². The number of methoxy groups -OCH3 is 2. The predicted octanol–water partition coefficient (Wildman–Crippen LogP) is 7.54. The molecule has 2 aliphatic carbocycles. The first-order valence-corrected chi connectivity index (χ1v) is 19.8. The summed E-state index contributed by atoms with van der Waals surface area (Å²) in [5, 5.41) is 7.51. The molecule has 12 nitrogen and oxygen atoms in total. The first-order chi connectivity index (χ1) is 26.3. The summed E-state index contributed by atoms with van der Waals surface area (Å²) in [7, 11) is 3.31. The van der Waals surface area contributed by atoms with Gasteiger partial charge in [0.1, 0.15) is 35.4 Å². The van der Waals surface area contributed by atoms with Gasteiger partial charge in [0.25, 0.3) is 0 Å². The van der Waals surface area contributed by atoms with Gasteiger partial charge in [-0.25, -0.2) is 9.97 Å². The SMILES string of the molecule is CCN(CC1CC(n2ccc3c(NCc4ccc(OC)cc4OC)ncnc32)C2OC(C)(C)OC12)C1CC(CCC(=O)Nc2ccc(C(C)(C)C)cc2N)C1. The lowest BCUT2D eigenvalue weighted by atomic mass is 9.76. The topological polar surface area (TPSA) is 138 Å². The van der Waals surface area contributed by atoms with E-state index in [2.05, 4.69) is 65.0 Å². The number of fused-ring (bicyclic) bond motifs is 2. The van der Waals surface area contributed by atoms with Gasteiger partial charge in [0, 0.05) is 49.3 Å². The highest BCUT2D eigenvalue weighted by molar-refractivity contribution is 5.94. The summed E-state index contributed by atoms with van der Waals surface area (Å²) in [6, 6.07) is 14.4. The summed E-state index contributed by atoms with van der Waals surface area (Å²) in [5.74, 6) is 2.48. The van der Waals surface area contributed by atoms with E-state index < -0.39 is 5.79 Å². The molecule has 3 aliphatic rings. The maximum absolute atomic E-state index is 12.9. The molecule has 4 atom stereocenters. The van der Waals surface area contributed by atoms with Crippen molar-refractivity contribution in [3.05, 3.63) is 66.1 Å². The van der Waals surface area contributed by atoms with Crippen molar-refractivity contribution in [1.82, 2.24) is 19.4 Å². The largest absolute Gasteiger partial charge is 0.497 e. The zero-order valence-corrected chi connectivity index (χ0v) is 33.7. The Morgan fingerprint density at radius 3 is 2.53 bits per heavy atom. The predicted molar refractivity (Wildman–Crippen MR) is 217 cm³/mol. The fraction of sp³-hybridized carbons (Fsp3) is 0.558. The number of carbonyl (C=O) groups is 1. The number of hydrogen-bond donors (Lipinski definition) is 3. The summed E-state index contributed by atoms with van der Waals surface area (Å²) in [5.41, 5.74) is 10.6. The van der Waals surface area contributed by atoms with Crippen LogP contribution in [-0.4, -0.2) is 76.7 Å².